The van der Waals surface area contributed by atoms with Crippen molar-refractivity contribution in [1.82, 2.24) is 19.7 Å². The van der Waals surface area contributed by atoms with Crippen molar-refractivity contribution in [1.29, 1.82) is 0 Å². The van der Waals surface area contributed by atoms with Gasteiger partial charge in [0.2, 0.25) is 5.91 Å². The number of benzene rings is 3. The molecule has 8 nitrogen and oxygen atoms in total. The van der Waals surface area contributed by atoms with Crippen molar-refractivity contribution in [2.24, 2.45) is 7.05 Å². The molecule has 0 bridgehead atoms. The Morgan fingerprint density at radius 3 is 2.46 bits per heavy atom. The molecule has 2 aromatic heterocycles. The molecule has 3 aromatic carbocycles. The number of carbonyl (C=O) groups excluding carboxylic acids is 2. The van der Waals surface area contributed by atoms with Gasteiger partial charge in [-0.15, -0.1) is 21.5 Å². The van der Waals surface area contributed by atoms with E-state index < -0.39 is 0 Å². The average Bonchev–Trinajstić information content (AvgIpc) is 3.51. The molecule has 5 aromatic rings. The lowest BCUT2D eigenvalue weighted by Crippen LogP contribution is -2.14. The first-order valence-electron chi connectivity index (χ1n) is 11.2. The molecule has 5 rings (SSSR count). The maximum Gasteiger partial charge on any atom is 0.255 e. The molecule has 0 fully saturated rings. The number of anilines is 2. The van der Waals surface area contributed by atoms with Gasteiger partial charge in [0.1, 0.15) is 0 Å². The maximum absolute atomic E-state index is 12.6. The van der Waals surface area contributed by atoms with E-state index in [0.717, 1.165) is 25.8 Å². The summed E-state index contributed by atoms with van der Waals surface area (Å²) in [5, 5.41) is 15.0. The number of thioether (sulfide) groups is 2. The minimum atomic E-state index is -0.166. The van der Waals surface area contributed by atoms with Gasteiger partial charge >= 0.3 is 0 Å². The Labute approximate surface area is 225 Å². The first kappa shape index (κ1) is 25.0. The van der Waals surface area contributed by atoms with E-state index in [0.29, 0.717) is 22.2 Å². The Hall–Kier alpha value is -3.67. The van der Waals surface area contributed by atoms with Crippen molar-refractivity contribution < 1.29 is 9.59 Å². The molecule has 37 heavy (non-hydrogen) atoms. The molecule has 2 heterocycles. The number of rotatable bonds is 8. The van der Waals surface area contributed by atoms with E-state index in [2.05, 4.69) is 25.8 Å². The fourth-order valence-corrected chi connectivity index (χ4v) is 5.82. The first-order valence-corrected chi connectivity index (χ1v) is 14.3. The van der Waals surface area contributed by atoms with Gasteiger partial charge in [0.05, 0.1) is 16.0 Å². The lowest BCUT2D eigenvalue weighted by Gasteiger charge is -2.07. The number of nitrogens with zero attached hydrogens (tertiary/aromatic N) is 4. The molecule has 0 aliphatic rings. The molecule has 0 saturated carbocycles. The van der Waals surface area contributed by atoms with Gasteiger partial charge in [-0.1, -0.05) is 41.7 Å². The third-order valence-corrected chi connectivity index (χ3v) is 8.45. The second kappa shape index (κ2) is 11.2. The molecular formula is C26H22N6O2S3. The summed E-state index contributed by atoms with van der Waals surface area (Å²) in [6.07, 6.45) is 2.00. The molecule has 0 radical (unpaired) electrons. The summed E-state index contributed by atoms with van der Waals surface area (Å²) in [6.45, 7) is 0. The van der Waals surface area contributed by atoms with E-state index in [1.165, 1.54) is 11.8 Å². The third-order valence-electron chi connectivity index (χ3n) is 5.43. The predicted octanol–water partition coefficient (Wildman–Crippen LogP) is 5.80. The van der Waals surface area contributed by atoms with E-state index in [1.54, 1.807) is 35.2 Å². The van der Waals surface area contributed by atoms with Gasteiger partial charge in [-0.2, -0.15) is 0 Å². The molecule has 186 valence electrons. The Morgan fingerprint density at radius 1 is 0.946 bits per heavy atom. The molecule has 0 spiro atoms. The molecule has 11 heteroatoms. The SMILES string of the molecule is CSc1nc2ccc(NC(=O)CSc3nnc(-c4ccc(NC(=O)c5ccccc5)cc4)n3C)cc2s1. The quantitative estimate of drug-likeness (QED) is 0.237. The van der Waals surface area contributed by atoms with Gasteiger partial charge in [0, 0.05) is 29.5 Å². The second-order valence-corrected chi connectivity index (χ2v) is 11.0. The summed E-state index contributed by atoms with van der Waals surface area (Å²) in [5.41, 5.74) is 3.81. The molecule has 2 amide bonds. The summed E-state index contributed by atoms with van der Waals surface area (Å²) in [5.74, 6) is 0.583. The number of hydrogen-bond donors (Lipinski definition) is 2. The number of nitrogens with one attached hydrogen (secondary N) is 2. The topological polar surface area (TPSA) is 102 Å². The first-order chi connectivity index (χ1) is 18.0. The number of hydrogen-bond acceptors (Lipinski definition) is 8. The van der Waals surface area contributed by atoms with Crippen molar-refractivity contribution in [3.8, 4) is 11.4 Å². The maximum atomic E-state index is 12.6. The molecular weight excluding hydrogens is 525 g/mol. The Bertz CT molecular complexity index is 1560. The van der Waals surface area contributed by atoms with Crippen molar-refractivity contribution in [2.75, 3.05) is 22.6 Å². The Kier molecular flexibility index (Phi) is 7.54. The summed E-state index contributed by atoms with van der Waals surface area (Å²) in [7, 11) is 1.86. The van der Waals surface area contributed by atoms with Crippen LogP contribution in [0.3, 0.4) is 0 Å². The van der Waals surface area contributed by atoms with Gasteiger partial charge in [0.15, 0.2) is 15.3 Å². The highest BCUT2D eigenvalue weighted by molar-refractivity contribution is 8.00. The van der Waals surface area contributed by atoms with Crippen molar-refractivity contribution in [3.05, 3.63) is 78.4 Å². The summed E-state index contributed by atoms with van der Waals surface area (Å²) >= 11 is 4.53. The van der Waals surface area contributed by atoms with Gasteiger partial charge in [-0.3, -0.25) is 9.59 Å². The van der Waals surface area contributed by atoms with Crippen molar-refractivity contribution >= 4 is 68.3 Å². The van der Waals surface area contributed by atoms with Crippen LogP contribution in [0.2, 0.25) is 0 Å². The van der Waals surface area contributed by atoms with E-state index in [9.17, 15) is 9.59 Å². The molecule has 0 unspecified atom stereocenters. The van der Waals surface area contributed by atoms with Crippen LogP contribution in [0, 0.1) is 0 Å². The van der Waals surface area contributed by atoms with Crippen LogP contribution in [0.4, 0.5) is 11.4 Å². The van der Waals surface area contributed by atoms with E-state index in [-0.39, 0.29) is 17.6 Å². The number of amides is 2. The highest BCUT2D eigenvalue weighted by Gasteiger charge is 2.14. The largest absolute Gasteiger partial charge is 0.325 e. The van der Waals surface area contributed by atoms with Crippen LogP contribution in [-0.4, -0.2) is 43.6 Å². The van der Waals surface area contributed by atoms with Crippen LogP contribution in [0.5, 0.6) is 0 Å². The normalized spacial score (nSPS) is 11.0. The Balaban J connectivity index is 1.19. The Morgan fingerprint density at radius 2 is 1.70 bits per heavy atom. The van der Waals surface area contributed by atoms with E-state index in [4.69, 9.17) is 0 Å². The summed E-state index contributed by atoms with van der Waals surface area (Å²) in [6, 6.07) is 22.2. The van der Waals surface area contributed by atoms with Gasteiger partial charge in [-0.05, 0) is 60.9 Å². The molecule has 0 aliphatic carbocycles. The number of fused-ring (bicyclic) bond motifs is 1. The van der Waals surface area contributed by atoms with E-state index in [1.807, 2.05) is 78.5 Å². The van der Waals surface area contributed by atoms with Crippen LogP contribution in [0.15, 0.2) is 82.3 Å². The van der Waals surface area contributed by atoms with Gasteiger partial charge in [0.25, 0.3) is 5.91 Å². The van der Waals surface area contributed by atoms with Crippen LogP contribution in [0.1, 0.15) is 10.4 Å². The standard InChI is InChI=1S/C26H22N6O2S3/c1-32-23(16-8-10-18(11-9-16)28-24(34)17-6-4-3-5-7-17)30-31-25(32)36-15-22(33)27-19-12-13-20-21(14-19)37-26(29-20)35-2/h3-14H,15H2,1-2H3,(H,27,33)(H,28,34). The zero-order chi connectivity index (χ0) is 25.8. The minimum Gasteiger partial charge on any atom is -0.325 e. The zero-order valence-electron chi connectivity index (χ0n) is 20.0. The fraction of sp³-hybridized carbons (Fsp3) is 0.115. The number of thiazole rings is 1. The molecule has 0 aliphatic heterocycles. The fourth-order valence-electron chi connectivity index (χ4n) is 3.58. The monoisotopic (exact) mass is 546 g/mol. The predicted molar refractivity (Wildman–Crippen MR) is 152 cm³/mol. The lowest BCUT2D eigenvalue weighted by atomic mass is 10.1. The zero-order valence-corrected chi connectivity index (χ0v) is 22.4. The van der Waals surface area contributed by atoms with Gasteiger partial charge < -0.3 is 15.2 Å². The van der Waals surface area contributed by atoms with Crippen molar-refractivity contribution in [2.45, 2.75) is 9.50 Å². The summed E-state index contributed by atoms with van der Waals surface area (Å²) < 4.78 is 3.89. The van der Waals surface area contributed by atoms with Gasteiger partial charge in [-0.25, -0.2) is 4.98 Å². The second-order valence-electron chi connectivity index (χ2n) is 7.97. The highest BCUT2D eigenvalue weighted by Crippen LogP contribution is 2.30. The summed E-state index contributed by atoms with van der Waals surface area (Å²) in [4.78, 5) is 29.4. The highest BCUT2D eigenvalue weighted by atomic mass is 32.2. The van der Waals surface area contributed by atoms with Crippen molar-refractivity contribution in [3.63, 3.8) is 0 Å². The number of aromatic nitrogens is 4. The minimum absolute atomic E-state index is 0.123. The third kappa shape index (κ3) is 5.85. The molecule has 0 saturated heterocycles. The lowest BCUT2D eigenvalue weighted by molar-refractivity contribution is -0.113. The molecule has 2 N–H and O–H groups in total. The van der Waals surface area contributed by atoms with Crippen LogP contribution < -0.4 is 10.6 Å². The van der Waals surface area contributed by atoms with E-state index >= 15 is 0 Å². The molecule has 0 atom stereocenters. The van der Waals surface area contributed by atoms with Crippen LogP contribution in [0.25, 0.3) is 21.6 Å². The smallest absolute Gasteiger partial charge is 0.255 e. The van der Waals surface area contributed by atoms with Crippen LogP contribution >= 0.6 is 34.9 Å². The van der Waals surface area contributed by atoms with Crippen LogP contribution in [-0.2, 0) is 11.8 Å². The number of carbonyl (C=O) groups is 2. The average molecular weight is 547 g/mol.